The van der Waals surface area contributed by atoms with Gasteiger partial charge in [0.1, 0.15) is 0 Å². The maximum absolute atomic E-state index is 11.7. The molecule has 0 saturated heterocycles. The van der Waals surface area contributed by atoms with Crippen LogP contribution in [0.4, 0.5) is 0 Å². The summed E-state index contributed by atoms with van der Waals surface area (Å²) in [7, 11) is 0. The lowest BCUT2D eigenvalue weighted by Crippen LogP contribution is -2.06. The molecule has 0 amide bonds. The molecule has 0 N–H and O–H groups in total. The summed E-state index contributed by atoms with van der Waals surface area (Å²) in [5, 5.41) is 0.954. The van der Waals surface area contributed by atoms with Gasteiger partial charge in [0.25, 0.3) is 0 Å². The molecular weight excluding hydrogens is 258 g/mol. The van der Waals surface area contributed by atoms with Crippen molar-refractivity contribution in [3.8, 4) is 0 Å². The first-order valence-electron chi connectivity index (χ1n) is 6.29. The Morgan fingerprint density at radius 2 is 2.05 bits per heavy atom. The highest BCUT2D eigenvalue weighted by Crippen LogP contribution is 2.22. The lowest BCUT2D eigenvalue weighted by atomic mass is 10.1. The highest BCUT2D eigenvalue weighted by molar-refractivity contribution is 7.11. The minimum Gasteiger partial charge on any atom is -0.461 e. The van der Waals surface area contributed by atoms with Gasteiger partial charge in [-0.3, -0.25) is 0 Å². The highest BCUT2D eigenvalue weighted by atomic mass is 32.1. The molecule has 0 saturated carbocycles. The number of hydrogen-bond acceptors (Lipinski definition) is 4. The van der Waals surface area contributed by atoms with Gasteiger partial charge in [0.15, 0.2) is 5.69 Å². The first-order chi connectivity index (χ1) is 9.11. The fourth-order valence-corrected chi connectivity index (χ4v) is 2.83. The molecule has 3 nitrogen and oxygen atoms in total. The molecule has 19 heavy (non-hydrogen) atoms. The van der Waals surface area contributed by atoms with Crippen molar-refractivity contribution in [2.45, 2.75) is 27.2 Å². The quantitative estimate of drug-likeness (QED) is 0.801. The van der Waals surface area contributed by atoms with Crippen LogP contribution in [0.3, 0.4) is 0 Å². The Balaban J connectivity index is 2.21. The second-order valence-electron chi connectivity index (χ2n) is 4.34. The van der Waals surface area contributed by atoms with Gasteiger partial charge in [-0.25, -0.2) is 9.78 Å². The molecule has 0 aliphatic rings. The van der Waals surface area contributed by atoms with Crippen LogP contribution >= 0.6 is 11.3 Å². The van der Waals surface area contributed by atoms with Crippen LogP contribution in [-0.4, -0.2) is 17.6 Å². The summed E-state index contributed by atoms with van der Waals surface area (Å²) in [6.45, 7) is 6.17. The van der Waals surface area contributed by atoms with E-state index in [1.165, 1.54) is 11.1 Å². The summed E-state index contributed by atoms with van der Waals surface area (Å²) in [4.78, 5) is 17.0. The van der Waals surface area contributed by atoms with Gasteiger partial charge in [-0.1, -0.05) is 24.3 Å². The topological polar surface area (TPSA) is 39.2 Å². The predicted octanol–water partition coefficient (Wildman–Crippen LogP) is 3.53. The van der Waals surface area contributed by atoms with Gasteiger partial charge < -0.3 is 4.74 Å². The molecule has 0 bridgehead atoms. The van der Waals surface area contributed by atoms with E-state index >= 15 is 0 Å². The highest BCUT2D eigenvalue weighted by Gasteiger charge is 2.16. The van der Waals surface area contributed by atoms with Crippen LogP contribution < -0.4 is 0 Å². The molecule has 0 aliphatic heterocycles. The number of hydrogen-bond donors (Lipinski definition) is 0. The first-order valence-corrected chi connectivity index (χ1v) is 7.11. The second-order valence-corrected chi connectivity index (χ2v) is 5.62. The third-order valence-electron chi connectivity index (χ3n) is 2.91. The Kier molecular flexibility index (Phi) is 4.32. The number of thiazole rings is 1. The van der Waals surface area contributed by atoms with E-state index in [0.717, 1.165) is 16.3 Å². The van der Waals surface area contributed by atoms with Crippen LogP contribution in [0.2, 0.25) is 0 Å². The standard InChI is InChI=1S/C15H17NO2S/c1-4-18-15(17)14-11(3)19-13(16-14)9-12-8-6-5-7-10(12)2/h5-8H,4,9H2,1-3H3. The van der Waals surface area contributed by atoms with Crippen molar-refractivity contribution in [3.05, 3.63) is 51.0 Å². The van der Waals surface area contributed by atoms with Gasteiger partial charge in [0, 0.05) is 11.3 Å². The molecule has 0 aliphatic carbocycles. The largest absolute Gasteiger partial charge is 0.461 e. The van der Waals surface area contributed by atoms with Gasteiger partial charge in [-0.15, -0.1) is 11.3 Å². The van der Waals surface area contributed by atoms with E-state index in [-0.39, 0.29) is 5.97 Å². The molecule has 2 rings (SSSR count). The maximum atomic E-state index is 11.7. The summed E-state index contributed by atoms with van der Waals surface area (Å²) in [6.07, 6.45) is 0.761. The van der Waals surface area contributed by atoms with E-state index in [4.69, 9.17) is 4.74 Å². The van der Waals surface area contributed by atoms with Crippen LogP contribution in [-0.2, 0) is 11.2 Å². The Morgan fingerprint density at radius 1 is 1.32 bits per heavy atom. The zero-order valence-electron chi connectivity index (χ0n) is 11.4. The molecule has 0 fully saturated rings. The third kappa shape index (κ3) is 3.20. The Morgan fingerprint density at radius 3 is 2.74 bits per heavy atom. The fourth-order valence-electron chi connectivity index (χ4n) is 1.89. The van der Waals surface area contributed by atoms with Crippen molar-refractivity contribution < 1.29 is 9.53 Å². The molecule has 1 aromatic carbocycles. The van der Waals surface area contributed by atoms with Crippen molar-refractivity contribution in [2.75, 3.05) is 6.61 Å². The van der Waals surface area contributed by atoms with Crippen molar-refractivity contribution in [1.29, 1.82) is 0 Å². The molecule has 1 aromatic heterocycles. The van der Waals surface area contributed by atoms with E-state index in [1.807, 2.05) is 19.1 Å². The van der Waals surface area contributed by atoms with Crippen LogP contribution in [0, 0.1) is 13.8 Å². The lowest BCUT2D eigenvalue weighted by Gasteiger charge is -2.02. The molecule has 2 aromatic rings. The Labute approximate surface area is 117 Å². The van der Waals surface area contributed by atoms with Crippen molar-refractivity contribution in [1.82, 2.24) is 4.98 Å². The summed E-state index contributed by atoms with van der Waals surface area (Å²) in [5.74, 6) is -0.327. The first kappa shape index (κ1) is 13.7. The van der Waals surface area contributed by atoms with Crippen LogP contribution in [0.25, 0.3) is 0 Å². The number of nitrogens with zero attached hydrogens (tertiary/aromatic N) is 1. The SMILES string of the molecule is CCOC(=O)c1nc(Cc2ccccc2C)sc1C. The third-order valence-corrected chi connectivity index (χ3v) is 3.88. The number of esters is 1. The van der Waals surface area contributed by atoms with E-state index in [0.29, 0.717) is 12.3 Å². The minimum atomic E-state index is -0.327. The van der Waals surface area contributed by atoms with Crippen LogP contribution in [0.15, 0.2) is 24.3 Å². The summed E-state index contributed by atoms with van der Waals surface area (Å²) >= 11 is 1.56. The van der Waals surface area contributed by atoms with Crippen molar-refractivity contribution in [2.24, 2.45) is 0 Å². The van der Waals surface area contributed by atoms with Crippen LogP contribution in [0.1, 0.15) is 38.4 Å². The number of aryl methyl sites for hydroxylation is 2. The molecule has 0 atom stereocenters. The average molecular weight is 275 g/mol. The normalized spacial score (nSPS) is 10.5. The molecule has 0 radical (unpaired) electrons. The Hall–Kier alpha value is -1.68. The number of rotatable bonds is 4. The van der Waals surface area contributed by atoms with E-state index < -0.39 is 0 Å². The fraction of sp³-hybridized carbons (Fsp3) is 0.333. The summed E-state index contributed by atoms with van der Waals surface area (Å²) < 4.78 is 5.00. The smallest absolute Gasteiger partial charge is 0.358 e. The number of benzene rings is 1. The molecule has 0 spiro atoms. The maximum Gasteiger partial charge on any atom is 0.358 e. The summed E-state index contributed by atoms with van der Waals surface area (Å²) in [5.41, 5.74) is 2.94. The number of carbonyl (C=O) groups is 1. The van der Waals surface area contributed by atoms with Gasteiger partial charge in [-0.05, 0) is 31.9 Å². The molecule has 0 unspecified atom stereocenters. The van der Waals surface area contributed by atoms with Crippen molar-refractivity contribution in [3.63, 3.8) is 0 Å². The number of carbonyl (C=O) groups excluding carboxylic acids is 1. The van der Waals surface area contributed by atoms with E-state index in [9.17, 15) is 4.79 Å². The lowest BCUT2D eigenvalue weighted by molar-refractivity contribution is 0.0519. The molecular formula is C15H17NO2S. The van der Waals surface area contributed by atoms with Gasteiger partial charge >= 0.3 is 5.97 Å². The van der Waals surface area contributed by atoms with Gasteiger partial charge in [-0.2, -0.15) is 0 Å². The monoisotopic (exact) mass is 275 g/mol. The van der Waals surface area contributed by atoms with E-state index in [2.05, 4.69) is 24.0 Å². The molecule has 100 valence electrons. The van der Waals surface area contributed by atoms with E-state index in [1.54, 1.807) is 18.3 Å². The minimum absolute atomic E-state index is 0.327. The number of ether oxygens (including phenoxy) is 1. The molecule has 1 heterocycles. The van der Waals surface area contributed by atoms with Crippen molar-refractivity contribution >= 4 is 17.3 Å². The van der Waals surface area contributed by atoms with Gasteiger partial charge in [0.05, 0.1) is 11.6 Å². The zero-order valence-corrected chi connectivity index (χ0v) is 12.2. The average Bonchev–Trinajstić information content (AvgIpc) is 2.74. The second kappa shape index (κ2) is 5.97. The zero-order chi connectivity index (χ0) is 13.8. The Bertz CT molecular complexity index is 590. The summed E-state index contributed by atoms with van der Waals surface area (Å²) in [6, 6.07) is 8.23. The molecule has 4 heteroatoms. The van der Waals surface area contributed by atoms with Gasteiger partial charge in [0.2, 0.25) is 0 Å². The number of aromatic nitrogens is 1. The van der Waals surface area contributed by atoms with Crippen LogP contribution in [0.5, 0.6) is 0 Å². The predicted molar refractivity (Wildman–Crippen MR) is 76.8 cm³/mol.